The minimum absolute atomic E-state index is 0.838. The first-order chi connectivity index (χ1) is 8.92. The van der Waals surface area contributed by atoms with Crippen LogP contribution in [0.2, 0.25) is 0 Å². The number of hydrogen-bond acceptors (Lipinski definition) is 4. The summed E-state index contributed by atoms with van der Waals surface area (Å²) in [5, 5.41) is 6.28. The first kappa shape index (κ1) is 11.4. The topological polar surface area (TPSA) is 24.9 Å². The molecule has 3 aromatic rings. The predicted octanol–water partition coefficient (Wildman–Crippen LogP) is 4.48. The summed E-state index contributed by atoms with van der Waals surface area (Å²) in [4.78, 5) is 6.84. The highest BCUT2D eigenvalue weighted by Gasteiger charge is 2.02. The number of hydrogen-bond donors (Lipinski definition) is 1. The molecule has 0 aliphatic rings. The third-order valence-corrected chi connectivity index (χ3v) is 4.43. The maximum Gasteiger partial charge on any atom is 0.182 e. The lowest BCUT2D eigenvalue weighted by Crippen LogP contribution is -1.95. The van der Waals surface area contributed by atoms with Crippen LogP contribution in [0, 0.1) is 0 Å². The van der Waals surface area contributed by atoms with Crippen LogP contribution in [0.5, 0.6) is 0 Å². The van der Waals surface area contributed by atoms with Crippen LogP contribution in [0.1, 0.15) is 4.88 Å². The van der Waals surface area contributed by atoms with Crippen LogP contribution in [-0.2, 0) is 6.54 Å². The van der Waals surface area contributed by atoms with Gasteiger partial charge in [0.15, 0.2) is 5.13 Å². The van der Waals surface area contributed by atoms with Gasteiger partial charge in [0.25, 0.3) is 0 Å². The first-order valence-corrected chi connectivity index (χ1v) is 7.39. The predicted molar refractivity (Wildman–Crippen MR) is 79.2 cm³/mol. The Labute approximate surface area is 114 Å². The van der Waals surface area contributed by atoms with Crippen LogP contribution in [-0.4, -0.2) is 4.98 Å². The molecule has 0 saturated carbocycles. The van der Waals surface area contributed by atoms with E-state index in [0.29, 0.717) is 0 Å². The third-order valence-electron chi connectivity index (χ3n) is 2.57. The smallest absolute Gasteiger partial charge is 0.182 e. The molecule has 4 heteroatoms. The van der Waals surface area contributed by atoms with Crippen molar-refractivity contribution in [1.82, 2.24) is 4.98 Å². The summed E-state index contributed by atoms with van der Waals surface area (Å²) >= 11 is 3.45. The van der Waals surface area contributed by atoms with Gasteiger partial charge in [-0.3, -0.25) is 0 Å². The minimum atomic E-state index is 0.838. The van der Waals surface area contributed by atoms with Crippen LogP contribution in [0.25, 0.3) is 10.4 Å². The monoisotopic (exact) mass is 272 g/mol. The van der Waals surface area contributed by atoms with Crippen LogP contribution in [0.4, 0.5) is 5.13 Å². The lowest BCUT2D eigenvalue weighted by molar-refractivity contribution is 1.17. The largest absolute Gasteiger partial charge is 0.357 e. The number of thiophene rings is 1. The molecule has 1 N–H and O–H groups in total. The van der Waals surface area contributed by atoms with Gasteiger partial charge in [0.05, 0.1) is 6.54 Å². The molecule has 0 aliphatic heterocycles. The molecular formula is C14H12N2S2. The molecule has 0 amide bonds. The summed E-state index contributed by atoms with van der Waals surface area (Å²) in [5.41, 5.74) is 1.28. The van der Waals surface area contributed by atoms with E-state index in [0.717, 1.165) is 11.7 Å². The van der Waals surface area contributed by atoms with Gasteiger partial charge in [0.1, 0.15) is 0 Å². The van der Waals surface area contributed by atoms with E-state index in [9.17, 15) is 0 Å². The normalized spacial score (nSPS) is 10.4. The van der Waals surface area contributed by atoms with Crippen molar-refractivity contribution in [3.05, 3.63) is 58.9 Å². The Balaban J connectivity index is 1.70. The van der Waals surface area contributed by atoms with E-state index in [4.69, 9.17) is 0 Å². The Morgan fingerprint density at radius 3 is 2.72 bits per heavy atom. The van der Waals surface area contributed by atoms with Crippen LogP contribution >= 0.6 is 22.7 Å². The van der Waals surface area contributed by atoms with Crippen molar-refractivity contribution in [3.63, 3.8) is 0 Å². The summed E-state index contributed by atoms with van der Waals surface area (Å²) in [7, 11) is 0. The number of benzene rings is 1. The highest BCUT2D eigenvalue weighted by molar-refractivity contribution is 7.15. The van der Waals surface area contributed by atoms with Gasteiger partial charge in [-0.15, -0.1) is 22.7 Å². The quantitative estimate of drug-likeness (QED) is 0.757. The van der Waals surface area contributed by atoms with Gasteiger partial charge in [-0.05, 0) is 17.7 Å². The Morgan fingerprint density at radius 1 is 1.06 bits per heavy atom. The molecule has 2 nitrogen and oxygen atoms in total. The van der Waals surface area contributed by atoms with E-state index < -0.39 is 0 Å². The first-order valence-electron chi connectivity index (χ1n) is 5.69. The van der Waals surface area contributed by atoms with Crippen molar-refractivity contribution < 1.29 is 0 Å². The van der Waals surface area contributed by atoms with Crippen molar-refractivity contribution in [2.45, 2.75) is 6.54 Å². The molecule has 0 fully saturated rings. The average Bonchev–Trinajstić information content (AvgIpc) is 3.09. The Morgan fingerprint density at radius 2 is 1.94 bits per heavy atom. The average molecular weight is 272 g/mol. The summed E-state index contributed by atoms with van der Waals surface area (Å²) in [5.74, 6) is 0. The highest BCUT2D eigenvalue weighted by Crippen LogP contribution is 2.28. The van der Waals surface area contributed by atoms with Gasteiger partial charge in [-0.1, -0.05) is 30.3 Å². The van der Waals surface area contributed by atoms with Crippen LogP contribution in [0.3, 0.4) is 0 Å². The molecular weight excluding hydrogens is 260 g/mol. The standard InChI is InChI=1S/C14H12N2S2/c1-2-4-11(5-3-1)13-7-6-12(18-13)10-16-14-15-8-9-17-14/h1-9H,10H2,(H,15,16). The molecule has 0 spiro atoms. The zero-order valence-corrected chi connectivity index (χ0v) is 11.3. The molecule has 0 bridgehead atoms. The molecule has 2 aromatic heterocycles. The molecule has 0 radical (unpaired) electrons. The second-order valence-electron chi connectivity index (χ2n) is 3.82. The van der Waals surface area contributed by atoms with Crippen molar-refractivity contribution in [2.75, 3.05) is 5.32 Å². The Kier molecular flexibility index (Phi) is 3.39. The lowest BCUT2D eigenvalue weighted by Gasteiger charge is -1.99. The minimum Gasteiger partial charge on any atom is -0.357 e. The second kappa shape index (κ2) is 5.33. The molecule has 1 aromatic carbocycles. The zero-order valence-electron chi connectivity index (χ0n) is 9.67. The van der Waals surface area contributed by atoms with E-state index in [2.05, 4.69) is 46.7 Å². The van der Waals surface area contributed by atoms with Gasteiger partial charge in [0.2, 0.25) is 0 Å². The molecule has 0 unspecified atom stereocenters. The second-order valence-corrected chi connectivity index (χ2v) is 5.89. The number of thiazole rings is 1. The summed E-state index contributed by atoms with van der Waals surface area (Å²) in [6.07, 6.45) is 1.82. The number of nitrogens with zero attached hydrogens (tertiary/aromatic N) is 1. The third kappa shape index (κ3) is 2.60. The van der Waals surface area contributed by atoms with E-state index >= 15 is 0 Å². The van der Waals surface area contributed by atoms with Gasteiger partial charge < -0.3 is 5.32 Å². The lowest BCUT2D eigenvalue weighted by atomic mass is 10.2. The van der Waals surface area contributed by atoms with Crippen molar-refractivity contribution in [2.24, 2.45) is 0 Å². The maximum atomic E-state index is 4.21. The highest BCUT2D eigenvalue weighted by atomic mass is 32.1. The van der Waals surface area contributed by atoms with E-state index in [1.54, 1.807) is 11.3 Å². The van der Waals surface area contributed by atoms with E-state index in [-0.39, 0.29) is 0 Å². The molecule has 0 atom stereocenters. The van der Waals surface area contributed by atoms with E-state index in [1.807, 2.05) is 29.0 Å². The SMILES string of the molecule is c1ccc(-c2ccc(CNc3nccs3)s2)cc1. The van der Waals surface area contributed by atoms with Gasteiger partial charge in [0, 0.05) is 21.3 Å². The van der Waals surface area contributed by atoms with E-state index in [1.165, 1.54) is 15.3 Å². The summed E-state index contributed by atoms with van der Waals surface area (Å²) < 4.78 is 0. The summed E-state index contributed by atoms with van der Waals surface area (Å²) in [6, 6.07) is 14.8. The van der Waals surface area contributed by atoms with Crippen molar-refractivity contribution in [1.29, 1.82) is 0 Å². The molecule has 0 saturated heterocycles. The fraction of sp³-hybridized carbons (Fsp3) is 0.0714. The summed E-state index contributed by atoms with van der Waals surface area (Å²) in [6.45, 7) is 0.838. The number of rotatable bonds is 4. The number of aromatic nitrogens is 1. The molecule has 3 rings (SSSR count). The van der Waals surface area contributed by atoms with Gasteiger partial charge in [-0.2, -0.15) is 0 Å². The Hall–Kier alpha value is -1.65. The van der Waals surface area contributed by atoms with Crippen molar-refractivity contribution >= 4 is 27.8 Å². The van der Waals surface area contributed by atoms with Gasteiger partial charge >= 0.3 is 0 Å². The number of nitrogens with one attached hydrogen (secondary N) is 1. The van der Waals surface area contributed by atoms with Crippen LogP contribution < -0.4 is 5.32 Å². The zero-order chi connectivity index (χ0) is 12.2. The van der Waals surface area contributed by atoms with Crippen LogP contribution in [0.15, 0.2) is 54.0 Å². The molecule has 2 heterocycles. The fourth-order valence-corrected chi connectivity index (χ4v) is 3.18. The maximum absolute atomic E-state index is 4.21. The molecule has 0 aliphatic carbocycles. The molecule has 90 valence electrons. The molecule has 18 heavy (non-hydrogen) atoms. The fourth-order valence-electron chi connectivity index (χ4n) is 1.70. The van der Waals surface area contributed by atoms with Gasteiger partial charge in [-0.25, -0.2) is 4.98 Å². The Bertz CT molecular complexity index is 600. The van der Waals surface area contributed by atoms with Crippen molar-refractivity contribution in [3.8, 4) is 10.4 Å². The number of anilines is 1.